The van der Waals surface area contributed by atoms with E-state index in [0.717, 1.165) is 12.7 Å². The van der Waals surface area contributed by atoms with Crippen molar-refractivity contribution in [1.29, 1.82) is 0 Å². The Morgan fingerprint density at radius 3 is 2.84 bits per heavy atom. The molecule has 0 saturated heterocycles. The third kappa shape index (κ3) is 3.64. The monoisotopic (exact) mass is 344 g/mol. The smallest absolute Gasteiger partial charge is 0.145 e. The molecule has 104 valence electrons. The quantitative estimate of drug-likeness (QED) is 0.598. The molecule has 0 N–H and O–H groups in total. The Bertz CT molecular complexity index is 580. The maximum absolute atomic E-state index is 13.7. The molecule has 19 heavy (non-hydrogen) atoms. The van der Waals surface area contributed by atoms with Crippen LogP contribution in [0.3, 0.4) is 0 Å². The average molecular weight is 345 g/mol. The number of nitrogens with zero attached hydrogens (tertiary/aromatic N) is 2. The van der Waals surface area contributed by atoms with Crippen LogP contribution < -0.4 is 0 Å². The first-order valence-electron chi connectivity index (χ1n) is 6.25. The van der Waals surface area contributed by atoms with Crippen molar-refractivity contribution in [1.82, 2.24) is 9.55 Å². The molecular weight excluding hydrogens is 327 g/mol. The van der Waals surface area contributed by atoms with E-state index in [1.54, 1.807) is 0 Å². The topological polar surface area (TPSA) is 27.1 Å². The number of aromatic nitrogens is 2. The van der Waals surface area contributed by atoms with Crippen LogP contribution in [0.15, 0.2) is 22.9 Å². The second kappa shape index (κ2) is 5.72. The van der Waals surface area contributed by atoms with Gasteiger partial charge in [-0.25, -0.2) is 9.37 Å². The summed E-state index contributed by atoms with van der Waals surface area (Å²) in [6, 6.07) is 2.48. The van der Waals surface area contributed by atoms with Crippen LogP contribution in [0.4, 0.5) is 4.39 Å². The highest BCUT2D eigenvalue weighted by Gasteiger charge is 2.14. The first-order chi connectivity index (χ1) is 8.88. The minimum Gasteiger partial charge on any atom is -0.361 e. The van der Waals surface area contributed by atoms with Crippen molar-refractivity contribution >= 4 is 35.0 Å². The number of fused-ring (bicyclic) bond motifs is 1. The zero-order valence-electron chi connectivity index (χ0n) is 11.4. The van der Waals surface area contributed by atoms with Gasteiger partial charge in [0.2, 0.25) is 0 Å². The molecule has 0 bridgehead atoms. The third-order valence-electron chi connectivity index (χ3n) is 2.89. The first kappa shape index (κ1) is 14.7. The predicted octanol–water partition coefficient (Wildman–Crippen LogP) is 4.25. The van der Waals surface area contributed by atoms with Crippen molar-refractivity contribution in [3.63, 3.8) is 0 Å². The van der Waals surface area contributed by atoms with Crippen molar-refractivity contribution in [3.05, 3.63) is 28.7 Å². The highest BCUT2D eigenvalue weighted by atomic mass is 79.9. The first-order valence-corrected chi connectivity index (χ1v) is 10.7. The van der Waals surface area contributed by atoms with E-state index < -0.39 is 8.07 Å². The molecule has 0 unspecified atom stereocenters. The van der Waals surface area contributed by atoms with Gasteiger partial charge in [-0.15, -0.1) is 0 Å². The maximum Gasteiger partial charge on any atom is 0.145 e. The number of hydrogen-bond acceptors (Lipinski definition) is 2. The molecule has 0 saturated carbocycles. The lowest BCUT2D eigenvalue weighted by atomic mass is 10.3. The molecule has 2 aromatic heterocycles. The van der Waals surface area contributed by atoms with Crippen molar-refractivity contribution in [3.8, 4) is 0 Å². The fourth-order valence-electron chi connectivity index (χ4n) is 1.77. The maximum atomic E-state index is 13.7. The van der Waals surface area contributed by atoms with Gasteiger partial charge in [-0.05, 0) is 28.0 Å². The van der Waals surface area contributed by atoms with E-state index in [2.05, 4.69) is 40.6 Å². The van der Waals surface area contributed by atoms with Crippen LogP contribution in [0.2, 0.25) is 25.7 Å². The summed E-state index contributed by atoms with van der Waals surface area (Å²) in [6.45, 7) is 8.09. The lowest BCUT2D eigenvalue weighted by Gasteiger charge is -2.15. The van der Waals surface area contributed by atoms with Crippen molar-refractivity contribution in [2.45, 2.75) is 32.4 Å². The zero-order chi connectivity index (χ0) is 14.0. The van der Waals surface area contributed by atoms with E-state index in [4.69, 9.17) is 4.74 Å². The van der Waals surface area contributed by atoms with E-state index >= 15 is 0 Å². The summed E-state index contributed by atoms with van der Waals surface area (Å²) < 4.78 is 21.9. The van der Waals surface area contributed by atoms with Gasteiger partial charge in [0.15, 0.2) is 0 Å². The van der Waals surface area contributed by atoms with Gasteiger partial charge in [-0.3, -0.25) is 0 Å². The summed E-state index contributed by atoms with van der Waals surface area (Å²) in [6.07, 6.45) is 3.29. The number of ether oxygens (including phenoxy) is 1. The van der Waals surface area contributed by atoms with Crippen molar-refractivity contribution in [2.24, 2.45) is 0 Å². The van der Waals surface area contributed by atoms with Crippen molar-refractivity contribution in [2.75, 3.05) is 6.61 Å². The Balaban J connectivity index is 2.08. The highest BCUT2D eigenvalue weighted by Crippen LogP contribution is 2.27. The summed E-state index contributed by atoms with van der Waals surface area (Å²) in [5, 5.41) is 0.510. The fraction of sp³-hybridized carbons (Fsp3) is 0.462. The highest BCUT2D eigenvalue weighted by molar-refractivity contribution is 9.10. The van der Waals surface area contributed by atoms with E-state index in [-0.39, 0.29) is 5.82 Å². The van der Waals surface area contributed by atoms with E-state index in [0.29, 0.717) is 22.2 Å². The third-order valence-corrected chi connectivity index (χ3v) is 5.19. The Morgan fingerprint density at radius 2 is 2.16 bits per heavy atom. The summed E-state index contributed by atoms with van der Waals surface area (Å²) in [4.78, 5) is 4.21. The second-order valence-corrected chi connectivity index (χ2v) is 12.3. The van der Waals surface area contributed by atoms with Gasteiger partial charge in [0.05, 0.1) is 5.39 Å². The predicted molar refractivity (Wildman–Crippen MR) is 81.5 cm³/mol. The van der Waals surface area contributed by atoms with Gasteiger partial charge in [0.1, 0.15) is 18.2 Å². The summed E-state index contributed by atoms with van der Waals surface area (Å²) in [5.74, 6) is -0.266. The van der Waals surface area contributed by atoms with Crippen LogP contribution in [0, 0.1) is 5.82 Å². The minimum atomic E-state index is -1.07. The molecule has 0 fully saturated rings. The summed E-state index contributed by atoms with van der Waals surface area (Å²) >= 11 is 3.36. The van der Waals surface area contributed by atoms with Crippen LogP contribution >= 0.6 is 15.9 Å². The molecule has 0 radical (unpaired) electrons. The lowest BCUT2D eigenvalue weighted by Crippen LogP contribution is -2.22. The molecule has 0 aromatic carbocycles. The Hall–Kier alpha value is -0.723. The molecule has 0 spiro atoms. The number of rotatable bonds is 5. The lowest BCUT2D eigenvalue weighted by molar-refractivity contribution is 0.0898. The van der Waals surface area contributed by atoms with Gasteiger partial charge >= 0.3 is 0 Å². The average Bonchev–Trinajstić information content (AvgIpc) is 2.62. The van der Waals surface area contributed by atoms with E-state index in [9.17, 15) is 4.39 Å². The number of halogens is 2. The summed E-state index contributed by atoms with van der Waals surface area (Å²) in [5.41, 5.74) is 0.611. The Morgan fingerprint density at radius 1 is 1.42 bits per heavy atom. The van der Waals surface area contributed by atoms with Gasteiger partial charge < -0.3 is 9.30 Å². The van der Waals surface area contributed by atoms with Gasteiger partial charge in [0, 0.05) is 31.5 Å². The van der Waals surface area contributed by atoms with Crippen LogP contribution in [-0.2, 0) is 11.5 Å². The van der Waals surface area contributed by atoms with Gasteiger partial charge in [0.25, 0.3) is 0 Å². The minimum absolute atomic E-state index is 0.266. The molecular formula is C13H18BrFN2OSi. The molecule has 0 aliphatic heterocycles. The molecule has 6 heteroatoms. The molecule has 0 aliphatic carbocycles. The molecule has 0 amide bonds. The van der Waals surface area contributed by atoms with Crippen LogP contribution in [-0.4, -0.2) is 24.2 Å². The molecule has 0 aliphatic rings. The molecule has 0 atom stereocenters. The van der Waals surface area contributed by atoms with Crippen LogP contribution in [0.5, 0.6) is 0 Å². The van der Waals surface area contributed by atoms with Crippen molar-refractivity contribution < 1.29 is 9.13 Å². The van der Waals surface area contributed by atoms with Crippen LogP contribution in [0.25, 0.3) is 11.0 Å². The molecule has 2 heterocycles. The Kier molecular flexibility index (Phi) is 4.42. The number of pyridine rings is 1. The molecule has 3 nitrogen and oxygen atoms in total. The SMILES string of the molecule is C[Si](C)(C)CCOCn1cc(Br)c2c(F)ccnc21. The largest absolute Gasteiger partial charge is 0.361 e. The normalized spacial score (nSPS) is 12.3. The van der Waals surface area contributed by atoms with Gasteiger partial charge in [-0.2, -0.15) is 0 Å². The fourth-order valence-corrected chi connectivity index (χ4v) is 3.14. The van der Waals surface area contributed by atoms with E-state index in [1.165, 1.54) is 12.3 Å². The Labute approximate surface area is 121 Å². The second-order valence-electron chi connectivity index (χ2n) is 5.79. The zero-order valence-corrected chi connectivity index (χ0v) is 14.0. The standard InChI is InChI=1S/C13H18BrFN2OSi/c1-19(2,3)7-6-18-9-17-8-10(14)12-11(15)4-5-16-13(12)17/h4-5,8H,6-7,9H2,1-3H3. The number of hydrogen-bond donors (Lipinski definition) is 0. The molecule has 2 rings (SSSR count). The van der Waals surface area contributed by atoms with Gasteiger partial charge in [-0.1, -0.05) is 19.6 Å². The van der Waals surface area contributed by atoms with E-state index in [1.807, 2.05) is 10.8 Å². The summed E-state index contributed by atoms with van der Waals surface area (Å²) in [7, 11) is -1.07. The van der Waals surface area contributed by atoms with Crippen LogP contribution in [0.1, 0.15) is 0 Å². The molecule has 2 aromatic rings.